The molecular formula is C11H13BrN4. The van der Waals surface area contributed by atoms with Crippen molar-refractivity contribution >= 4 is 27.3 Å². The molecular weight excluding hydrogens is 268 g/mol. The van der Waals surface area contributed by atoms with Gasteiger partial charge in [-0.2, -0.15) is 0 Å². The summed E-state index contributed by atoms with van der Waals surface area (Å²) in [5, 5.41) is 3.27. The fourth-order valence-corrected chi connectivity index (χ4v) is 1.82. The lowest BCUT2D eigenvalue weighted by Crippen LogP contribution is -2.07. The van der Waals surface area contributed by atoms with E-state index in [0.717, 1.165) is 34.6 Å². The fraction of sp³-hybridized carbons (Fsp3) is 0.182. The number of nitrogens with zero attached hydrogens (tertiary/aromatic N) is 1. The standard InChI is InChI=1S/C11H13BrN4/c12-8-1-2-10(9(13)7-8)14-4-3-11-15-5-6-16-11/h1-2,5-7,14H,3-4,13H2,(H,15,16). The van der Waals surface area contributed by atoms with E-state index in [9.17, 15) is 0 Å². The number of hydrogen-bond donors (Lipinski definition) is 3. The maximum atomic E-state index is 5.86. The van der Waals surface area contributed by atoms with Gasteiger partial charge in [-0.3, -0.25) is 0 Å². The smallest absolute Gasteiger partial charge is 0.107 e. The van der Waals surface area contributed by atoms with Crippen molar-refractivity contribution in [3.05, 3.63) is 40.9 Å². The van der Waals surface area contributed by atoms with Crippen LogP contribution in [0.2, 0.25) is 0 Å². The van der Waals surface area contributed by atoms with Crippen molar-refractivity contribution in [2.75, 3.05) is 17.6 Å². The van der Waals surface area contributed by atoms with Crippen LogP contribution in [-0.4, -0.2) is 16.5 Å². The summed E-state index contributed by atoms with van der Waals surface area (Å²) in [6.07, 6.45) is 4.43. The van der Waals surface area contributed by atoms with Gasteiger partial charge in [-0.15, -0.1) is 0 Å². The summed E-state index contributed by atoms with van der Waals surface area (Å²) in [6, 6.07) is 5.81. The summed E-state index contributed by atoms with van der Waals surface area (Å²) in [7, 11) is 0. The molecule has 0 bridgehead atoms. The third kappa shape index (κ3) is 2.76. The zero-order valence-electron chi connectivity index (χ0n) is 8.70. The molecule has 1 aromatic heterocycles. The van der Waals surface area contributed by atoms with Gasteiger partial charge in [0.05, 0.1) is 11.4 Å². The minimum absolute atomic E-state index is 0.744. The Labute approximate surface area is 102 Å². The third-order valence-corrected chi connectivity index (χ3v) is 2.74. The summed E-state index contributed by atoms with van der Waals surface area (Å²) < 4.78 is 0.988. The summed E-state index contributed by atoms with van der Waals surface area (Å²) in [5.74, 6) is 0.975. The van der Waals surface area contributed by atoms with Gasteiger partial charge in [0.25, 0.3) is 0 Å². The molecule has 84 valence electrons. The van der Waals surface area contributed by atoms with Crippen LogP contribution in [0.1, 0.15) is 5.82 Å². The average molecular weight is 281 g/mol. The van der Waals surface area contributed by atoms with Crippen molar-refractivity contribution in [2.24, 2.45) is 0 Å². The van der Waals surface area contributed by atoms with Gasteiger partial charge in [-0.25, -0.2) is 4.98 Å². The number of benzene rings is 1. The van der Waals surface area contributed by atoms with Crippen LogP contribution in [0.25, 0.3) is 0 Å². The SMILES string of the molecule is Nc1cc(Br)ccc1NCCc1ncc[nH]1. The van der Waals surface area contributed by atoms with Gasteiger partial charge < -0.3 is 16.0 Å². The molecule has 16 heavy (non-hydrogen) atoms. The molecule has 0 aliphatic carbocycles. The van der Waals surface area contributed by atoms with E-state index in [4.69, 9.17) is 5.73 Å². The van der Waals surface area contributed by atoms with Gasteiger partial charge in [-0.05, 0) is 18.2 Å². The summed E-state index contributed by atoms with van der Waals surface area (Å²) in [6.45, 7) is 0.805. The Hall–Kier alpha value is -1.49. The number of nitrogens with one attached hydrogen (secondary N) is 2. The van der Waals surface area contributed by atoms with Crippen LogP contribution in [0.4, 0.5) is 11.4 Å². The van der Waals surface area contributed by atoms with E-state index < -0.39 is 0 Å². The number of nitrogen functional groups attached to an aromatic ring is 1. The second kappa shape index (κ2) is 5.03. The van der Waals surface area contributed by atoms with Crippen molar-refractivity contribution < 1.29 is 0 Å². The van der Waals surface area contributed by atoms with Crippen LogP contribution < -0.4 is 11.1 Å². The molecule has 0 saturated heterocycles. The zero-order chi connectivity index (χ0) is 11.4. The minimum Gasteiger partial charge on any atom is -0.397 e. The molecule has 0 saturated carbocycles. The maximum absolute atomic E-state index is 5.86. The lowest BCUT2D eigenvalue weighted by atomic mass is 10.2. The highest BCUT2D eigenvalue weighted by molar-refractivity contribution is 9.10. The van der Waals surface area contributed by atoms with Crippen LogP contribution in [0.5, 0.6) is 0 Å². The first-order chi connectivity index (χ1) is 7.75. The Kier molecular flexibility index (Phi) is 3.46. The largest absolute Gasteiger partial charge is 0.397 e. The highest BCUT2D eigenvalue weighted by Crippen LogP contribution is 2.22. The Balaban J connectivity index is 1.90. The summed E-state index contributed by atoms with van der Waals surface area (Å²) in [4.78, 5) is 7.21. The first-order valence-electron chi connectivity index (χ1n) is 5.03. The monoisotopic (exact) mass is 280 g/mol. The number of nitrogens with two attached hydrogens (primary N) is 1. The number of H-pyrrole nitrogens is 1. The number of aromatic nitrogens is 2. The fourth-order valence-electron chi connectivity index (χ4n) is 1.44. The number of hydrogen-bond acceptors (Lipinski definition) is 3. The third-order valence-electron chi connectivity index (χ3n) is 2.25. The van der Waals surface area contributed by atoms with Crippen LogP contribution in [0.3, 0.4) is 0 Å². The van der Waals surface area contributed by atoms with Gasteiger partial charge in [-0.1, -0.05) is 15.9 Å². The molecule has 5 heteroatoms. The van der Waals surface area contributed by atoms with Crippen LogP contribution in [0.15, 0.2) is 35.1 Å². The molecule has 0 radical (unpaired) electrons. The van der Waals surface area contributed by atoms with E-state index in [2.05, 4.69) is 31.2 Å². The predicted octanol–water partition coefficient (Wildman–Crippen LogP) is 2.41. The normalized spacial score (nSPS) is 10.3. The molecule has 0 fully saturated rings. The molecule has 2 rings (SSSR count). The molecule has 0 amide bonds. The van der Waals surface area contributed by atoms with E-state index in [0.29, 0.717) is 0 Å². The van der Waals surface area contributed by atoms with Crippen molar-refractivity contribution in [1.29, 1.82) is 0 Å². The second-order valence-corrected chi connectivity index (χ2v) is 4.36. The lowest BCUT2D eigenvalue weighted by molar-refractivity contribution is 0.928. The average Bonchev–Trinajstić information content (AvgIpc) is 2.74. The number of rotatable bonds is 4. The highest BCUT2D eigenvalue weighted by Gasteiger charge is 1.99. The van der Waals surface area contributed by atoms with Gasteiger partial charge in [0.2, 0.25) is 0 Å². The summed E-state index contributed by atoms with van der Waals surface area (Å²) >= 11 is 3.37. The Bertz CT molecular complexity index is 453. The first kappa shape index (κ1) is 11.0. The topological polar surface area (TPSA) is 66.7 Å². The highest BCUT2D eigenvalue weighted by atomic mass is 79.9. The van der Waals surface area contributed by atoms with E-state index in [1.54, 1.807) is 6.20 Å². The van der Waals surface area contributed by atoms with Crippen LogP contribution in [-0.2, 0) is 6.42 Å². The van der Waals surface area contributed by atoms with Crippen molar-refractivity contribution in [3.63, 3.8) is 0 Å². The molecule has 4 N–H and O–H groups in total. The van der Waals surface area contributed by atoms with E-state index in [1.165, 1.54) is 0 Å². The number of anilines is 2. The zero-order valence-corrected chi connectivity index (χ0v) is 10.3. The molecule has 0 atom stereocenters. The molecule has 1 aromatic carbocycles. The van der Waals surface area contributed by atoms with Crippen LogP contribution >= 0.6 is 15.9 Å². The van der Waals surface area contributed by atoms with E-state index in [-0.39, 0.29) is 0 Å². The molecule has 0 aliphatic heterocycles. The minimum atomic E-state index is 0.744. The molecule has 1 heterocycles. The van der Waals surface area contributed by atoms with Crippen LogP contribution in [0, 0.1) is 0 Å². The summed E-state index contributed by atoms with van der Waals surface area (Å²) in [5.41, 5.74) is 7.56. The number of aromatic amines is 1. The Morgan fingerprint density at radius 3 is 3.00 bits per heavy atom. The second-order valence-electron chi connectivity index (χ2n) is 3.44. The Morgan fingerprint density at radius 2 is 2.31 bits per heavy atom. The van der Waals surface area contributed by atoms with E-state index >= 15 is 0 Å². The van der Waals surface area contributed by atoms with E-state index in [1.807, 2.05) is 24.4 Å². The lowest BCUT2D eigenvalue weighted by Gasteiger charge is -2.08. The number of halogens is 1. The van der Waals surface area contributed by atoms with Crippen molar-refractivity contribution in [1.82, 2.24) is 9.97 Å². The van der Waals surface area contributed by atoms with Gasteiger partial charge >= 0.3 is 0 Å². The quantitative estimate of drug-likeness (QED) is 0.754. The maximum Gasteiger partial charge on any atom is 0.107 e. The first-order valence-corrected chi connectivity index (χ1v) is 5.82. The molecule has 4 nitrogen and oxygen atoms in total. The Morgan fingerprint density at radius 1 is 1.44 bits per heavy atom. The number of imidazole rings is 1. The molecule has 2 aromatic rings. The molecule has 0 unspecified atom stereocenters. The van der Waals surface area contributed by atoms with Gasteiger partial charge in [0.1, 0.15) is 5.82 Å². The molecule has 0 aliphatic rings. The molecule has 0 spiro atoms. The predicted molar refractivity (Wildman–Crippen MR) is 69.3 cm³/mol. The van der Waals surface area contributed by atoms with Crippen molar-refractivity contribution in [2.45, 2.75) is 6.42 Å². The van der Waals surface area contributed by atoms with Gasteiger partial charge in [0, 0.05) is 29.8 Å². The van der Waals surface area contributed by atoms with Gasteiger partial charge in [0.15, 0.2) is 0 Å². The van der Waals surface area contributed by atoms with Crippen molar-refractivity contribution in [3.8, 4) is 0 Å².